The van der Waals surface area contributed by atoms with Crippen molar-refractivity contribution in [2.45, 2.75) is 55.5 Å². The molecule has 29 heavy (non-hydrogen) atoms. The van der Waals surface area contributed by atoms with Crippen molar-refractivity contribution < 1.29 is 17.6 Å². The van der Waals surface area contributed by atoms with Crippen molar-refractivity contribution in [3.05, 3.63) is 42.0 Å². The molecule has 0 spiro atoms. The minimum Gasteiger partial charge on any atom is -0.337 e. The lowest BCUT2D eigenvalue weighted by atomic mass is 9.92. The van der Waals surface area contributed by atoms with Crippen LogP contribution in [0.1, 0.15) is 55.1 Å². The highest BCUT2D eigenvalue weighted by molar-refractivity contribution is 7.89. The summed E-state index contributed by atoms with van der Waals surface area (Å²) in [5.41, 5.74) is 0.356. The van der Waals surface area contributed by atoms with E-state index in [0.29, 0.717) is 31.4 Å². The Hall–Kier alpha value is -2.33. The number of nitrogens with zero attached hydrogens (tertiary/aromatic N) is 4. The number of hydrogen-bond donors (Lipinski definition) is 1. The van der Waals surface area contributed by atoms with E-state index in [-0.39, 0.29) is 22.9 Å². The molecule has 1 N–H and O–H groups in total. The van der Waals surface area contributed by atoms with Gasteiger partial charge in [-0.3, -0.25) is 4.79 Å². The molecular weight excluding hydrogens is 397 g/mol. The monoisotopic (exact) mass is 421 g/mol. The first-order valence-electron chi connectivity index (χ1n) is 9.92. The van der Waals surface area contributed by atoms with Crippen molar-refractivity contribution in [1.29, 1.82) is 0 Å². The SMILES string of the molecule is O=C(c1cn(C2CCC(NS(=O)(=O)c3ccccc3F)CC2)nn1)N1CCCC1. The van der Waals surface area contributed by atoms with Gasteiger partial charge in [-0.1, -0.05) is 17.3 Å². The fourth-order valence-electron chi connectivity index (χ4n) is 4.04. The number of carbonyl (C=O) groups excluding carboxylic acids is 1. The number of benzene rings is 1. The lowest BCUT2D eigenvalue weighted by Crippen LogP contribution is -2.38. The standard InChI is InChI=1S/C19H24FN5O3S/c20-16-5-1-2-6-18(16)29(27,28)22-14-7-9-15(10-8-14)25-13-17(21-23-25)19(26)24-11-3-4-12-24/h1-2,5-6,13-15,22H,3-4,7-12H2. The predicted octanol–water partition coefficient (Wildman–Crippen LogP) is 2.12. The number of likely N-dealkylation sites (tertiary alicyclic amines) is 1. The third-order valence-corrected chi connectivity index (χ3v) is 7.20. The smallest absolute Gasteiger partial charge is 0.276 e. The van der Waals surface area contributed by atoms with Gasteiger partial charge in [0.2, 0.25) is 10.0 Å². The Bertz CT molecular complexity index is 979. The van der Waals surface area contributed by atoms with Crippen LogP contribution in [0.2, 0.25) is 0 Å². The minimum absolute atomic E-state index is 0.0665. The zero-order valence-corrected chi connectivity index (χ0v) is 16.8. The Kier molecular flexibility index (Phi) is 5.64. The van der Waals surface area contributed by atoms with Gasteiger partial charge in [0.05, 0.1) is 12.2 Å². The molecule has 4 rings (SSSR count). The van der Waals surface area contributed by atoms with Gasteiger partial charge in [-0.05, 0) is 50.7 Å². The van der Waals surface area contributed by atoms with Crippen LogP contribution in [0.25, 0.3) is 0 Å². The van der Waals surface area contributed by atoms with Gasteiger partial charge in [0.1, 0.15) is 10.7 Å². The van der Waals surface area contributed by atoms with Gasteiger partial charge in [-0.25, -0.2) is 22.2 Å². The Balaban J connectivity index is 1.35. The zero-order valence-electron chi connectivity index (χ0n) is 16.0. The van der Waals surface area contributed by atoms with Crippen LogP contribution in [-0.4, -0.2) is 53.4 Å². The highest BCUT2D eigenvalue weighted by Crippen LogP contribution is 2.29. The molecule has 2 aliphatic rings. The molecule has 0 unspecified atom stereocenters. The molecule has 0 atom stereocenters. The van der Waals surface area contributed by atoms with Crippen LogP contribution in [0.5, 0.6) is 0 Å². The molecule has 1 aromatic heterocycles. The predicted molar refractivity (Wildman–Crippen MR) is 103 cm³/mol. The molecule has 156 valence electrons. The quantitative estimate of drug-likeness (QED) is 0.798. The molecular formula is C19H24FN5O3S. The van der Waals surface area contributed by atoms with E-state index in [9.17, 15) is 17.6 Å². The topological polar surface area (TPSA) is 97.2 Å². The largest absolute Gasteiger partial charge is 0.337 e. The van der Waals surface area contributed by atoms with E-state index in [1.165, 1.54) is 18.2 Å². The molecule has 1 saturated carbocycles. The van der Waals surface area contributed by atoms with E-state index in [1.54, 1.807) is 15.8 Å². The van der Waals surface area contributed by atoms with Crippen molar-refractivity contribution in [2.75, 3.05) is 13.1 Å². The average Bonchev–Trinajstić information content (AvgIpc) is 3.40. The van der Waals surface area contributed by atoms with Crippen LogP contribution in [-0.2, 0) is 10.0 Å². The number of sulfonamides is 1. The van der Waals surface area contributed by atoms with Crippen LogP contribution in [0.4, 0.5) is 4.39 Å². The van der Waals surface area contributed by atoms with Gasteiger partial charge in [0.15, 0.2) is 5.69 Å². The van der Waals surface area contributed by atoms with Gasteiger partial charge in [0, 0.05) is 19.1 Å². The van der Waals surface area contributed by atoms with Gasteiger partial charge in [0.25, 0.3) is 5.91 Å². The molecule has 2 fully saturated rings. The van der Waals surface area contributed by atoms with Crippen molar-refractivity contribution in [3.8, 4) is 0 Å². The minimum atomic E-state index is -3.90. The lowest BCUT2D eigenvalue weighted by molar-refractivity contribution is 0.0787. The summed E-state index contributed by atoms with van der Waals surface area (Å²) in [5, 5.41) is 8.15. The van der Waals surface area contributed by atoms with E-state index >= 15 is 0 Å². The number of rotatable bonds is 5. The molecule has 0 radical (unpaired) electrons. The van der Waals surface area contributed by atoms with E-state index in [4.69, 9.17) is 0 Å². The normalized spacial score (nSPS) is 22.7. The first-order chi connectivity index (χ1) is 13.9. The molecule has 0 bridgehead atoms. The van der Waals surface area contributed by atoms with Gasteiger partial charge in [-0.2, -0.15) is 0 Å². The number of aromatic nitrogens is 3. The molecule has 2 heterocycles. The van der Waals surface area contributed by atoms with E-state index in [2.05, 4.69) is 15.0 Å². The van der Waals surface area contributed by atoms with Gasteiger partial charge < -0.3 is 4.90 Å². The fraction of sp³-hybridized carbons (Fsp3) is 0.526. The second kappa shape index (κ2) is 8.19. The fourth-order valence-corrected chi connectivity index (χ4v) is 5.42. The number of halogens is 1. The summed E-state index contributed by atoms with van der Waals surface area (Å²) >= 11 is 0. The third-order valence-electron chi connectivity index (χ3n) is 5.64. The Labute approximate surface area is 169 Å². The summed E-state index contributed by atoms with van der Waals surface area (Å²) in [4.78, 5) is 13.9. The van der Waals surface area contributed by atoms with Crippen LogP contribution < -0.4 is 4.72 Å². The van der Waals surface area contributed by atoms with Crippen LogP contribution in [0.3, 0.4) is 0 Å². The maximum absolute atomic E-state index is 13.8. The second-order valence-electron chi connectivity index (χ2n) is 7.64. The van der Waals surface area contributed by atoms with Crippen molar-refractivity contribution >= 4 is 15.9 Å². The summed E-state index contributed by atoms with van der Waals surface area (Å²) in [6, 6.07) is 5.16. The second-order valence-corrected chi connectivity index (χ2v) is 9.32. The third kappa shape index (κ3) is 4.32. The number of hydrogen-bond acceptors (Lipinski definition) is 5. The summed E-state index contributed by atoms with van der Waals surface area (Å²) < 4.78 is 43.1. The first-order valence-corrected chi connectivity index (χ1v) is 11.4. The Morgan fingerprint density at radius 2 is 1.79 bits per heavy atom. The molecule has 1 amide bonds. The molecule has 10 heteroatoms. The molecule has 1 aliphatic heterocycles. The zero-order chi connectivity index (χ0) is 20.4. The van der Waals surface area contributed by atoms with Gasteiger partial charge >= 0.3 is 0 Å². The summed E-state index contributed by atoms with van der Waals surface area (Å²) in [7, 11) is -3.90. The van der Waals surface area contributed by atoms with E-state index in [1.807, 2.05) is 0 Å². The van der Waals surface area contributed by atoms with Crippen molar-refractivity contribution in [2.24, 2.45) is 0 Å². The summed E-state index contributed by atoms with van der Waals surface area (Å²) in [6.45, 7) is 1.53. The first kappa shape index (κ1) is 20.0. The molecule has 1 saturated heterocycles. The van der Waals surface area contributed by atoms with Crippen molar-refractivity contribution in [3.63, 3.8) is 0 Å². The number of amides is 1. The van der Waals surface area contributed by atoms with Crippen LogP contribution in [0.15, 0.2) is 35.4 Å². The summed E-state index contributed by atoms with van der Waals surface area (Å²) in [5.74, 6) is -0.841. The van der Waals surface area contributed by atoms with Gasteiger partial charge in [-0.15, -0.1) is 5.10 Å². The average molecular weight is 421 g/mol. The Morgan fingerprint density at radius 3 is 2.48 bits per heavy atom. The number of nitrogens with one attached hydrogen (secondary N) is 1. The molecule has 1 aromatic carbocycles. The molecule has 2 aromatic rings. The van der Waals surface area contributed by atoms with E-state index < -0.39 is 15.8 Å². The van der Waals surface area contributed by atoms with Crippen LogP contribution >= 0.6 is 0 Å². The Morgan fingerprint density at radius 1 is 1.10 bits per heavy atom. The molecule has 8 nitrogen and oxygen atoms in total. The molecule has 1 aliphatic carbocycles. The highest BCUT2D eigenvalue weighted by atomic mass is 32.2. The number of carbonyl (C=O) groups is 1. The maximum atomic E-state index is 13.8. The van der Waals surface area contributed by atoms with E-state index in [0.717, 1.165) is 32.0 Å². The van der Waals surface area contributed by atoms with Crippen molar-refractivity contribution in [1.82, 2.24) is 24.6 Å². The highest BCUT2D eigenvalue weighted by Gasteiger charge is 2.29. The summed E-state index contributed by atoms with van der Waals surface area (Å²) in [6.07, 6.45) is 6.34. The van der Waals surface area contributed by atoms with Crippen LogP contribution in [0, 0.1) is 5.82 Å². The maximum Gasteiger partial charge on any atom is 0.276 e. The lowest BCUT2D eigenvalue weighted by Gasteiger charge is -2.28.